The van der Waals surface area contributed by atoms with Crippen molar-refractivity contribution in [3.8, 4) is 17.2 Å². The number of methoxy groups -OCH3 is 3. The molecule has 2 aromatic carbocycles. The lowest BCUT2D eigenvalue weighted by Crippen LogP contribution is -2.04. The molecule has 1 N–H and O–H groups in total. The van der Waals surface area contributed by atoms with Crippen molar-refractivity contribution in [2.75, 3.05) is 26.6 Å². The highest BCUT2D eigenvalue weighted by Gasteiger charge is 2.15. The van der Waals surface area contributed by atoms with E-state index in [0.29, 0.717) is 33.8 Å². The third-order valence-corrected chi connectivity index (χ3v) is 3.93. The topological polar surface area (TPSA) is 39.7 Å². The summed E-state index contributed by atoms with van der Waals surface area (Å²) in [6, 6.07) is 9.15. The maximum atomic E-state index is 6.01. The molecule has 0 aliphatic heterocycles. The average molecular weight is 342 g/mol. The molecule has 0 aromatic heterocycles. The van der Waals surface area contributed by atoms with E-state index in [1.54, 1.807) is 33.5 Å². The first-order valence-electron chi connectivity index (χ1n) is 6.57. The second-order valence-electron chi connectivity index (χ2n) is 4.48. The normalized spacial score (nSPS) is 10.2. The first kappa shape index (κ1) is 16.6. The van der Waals surface area contributed by atoms with E-state index in [4.69, 9.17) is 37.4 Å². The molecule has 0 aliphatic rings. The summed E-state index contributed by atoms with van der Waals surface area (Å²) in [5.74, 6) is 1.82. The fraction of sp³-hybridized carbons (Fsp3) is 0.250. The van der Waals surface area contributed by atoms with Crippen molar-refractivity contribution in [1.29, 1.82) is 0 Å². The molecular formula is C16H17Cl2NO3. The van der Waals surface area contributed by atoms with Crippen LogP contribution in [0.2, 0.25) is 10.0 Å². The third-order valence-electron chi connectivity index (χ3n) is 3.19. The standard InChI is InChI=1S/C16H17Cl2NO3/c1-20-14-7-4-10(15(21-2)16(14)22-3)9-19-11-5-6-12(17)13(18)8-11/h4-8,19H,9H2,1-3H3. The van der Waals surface area contributed by atoms with Crippen LogP contribution in [-0.4, -0.2) is 21.3 Å². The van der Waals surface area contributed by atoms with Crippen LogP contribution >= 0.6 is 23.2 Å². The lowest BCUT2D eigenvalue weighted by atomic mass is 10.1. The number of anilines is 1. The minimum atomic E-state index is 0.506. The Hall–Kier alpha value is -1.78. The van der Waals surface area contributed by atoms with Crippen LogP contribution < -0.4 is 19.5 Å². The number of hydrogen-bond acceptors (Lipinski definition) is 4. The third kappa shape index (κ3) is 3.51. The van der Waals surface area contributed by atoms with Crippen molar-refractivity contribution < 1.29 is 14.2 Å². The van der Waals surface area contributed by atoms with Gasteiger partial charge in [0.2, 0.25) is 5.75 Å². The average Bonchev–Trinajstić information content (AvgIpc) is 2.54. The van der Waals surface area contributed by atoms with Gasteiger partial charge in [-0.1, -0.05) is 23.2 Å². The first-order chi connectivity index (χ1) is 10.6. The second kappa shape index (κ2) is 7.47. The molecule has 6 heteroatoms. The summed E-state index contributed by atoms with van der Waals surface area (Å²) >= 11 is 11.9. The number of nitrogens with one attached hydrogen (secondary N) is 1. The van der Waals surface area contributed by atoms with Crippen molar-refractivity contribution >= 4 is 28.9 Å². The minimum Gasteiger partial charge on any atom is -0.493 e. The van der Waals surface area contributed by atoms with Gasteiger partial charge in [0.05, 0.1) is 31.4 Å². The van der Waals surface area contributed by atoms with E-state index in [-0.39, 0.29) is 0 Å². The maximum absolute atomic E-state index is 6.01. The monoisotopic (exact) mass is 341 g/mol. The molecule has 0 bridgehead atoms. The molecule has 0 radical (unpaired) electrons. The van der Waals surface area contributed by atoms with Crippen molar-refractivity contribution in [3.63, 3.8) is 0 Å². The van der Waals surface area contributed by atoms with Gasteiger partial charge in [-0.25, -0.2) is 0 Å². The number of halogens is 2. The number of ether oxygens (including phenoxy) is 3. The van der Waals surface area contributed by atoms with Crippen LogP contribution in [0.1, 0.15) is 5.56 Å². The quantitative estimate of drug-likeness (QED) is 0.831. The number of hydrogen-bond donors (Lipinski definition) is 1. The van der Waals surface area contributed by atoms with Crippen LogP contribution in [0.5, 0.6) is 17.2 Å². The fourth-order valence-corrected chi connectivity index (χ4v) is 2.40. The van der Waals surface area contributed by atoms with E-state index in [0.717, 1.165) is 11.3 Å². The molecular weight excluding hydrogens is 325 g/mol. The lowest BCUT2D eigenvalue weighted by molar-refractivity contribution is 0.322. The van der Waals surface area contributed by atoms with Crippen molar-refractivity contribution in [1.82, 2.24) is 0 Å². The van der Waals surface area contributed by atoms with Gasteiger partial charge in [-0.15, -0.1) is 0 Å². The van der Waals surface area contributed by atoms with Crippen LogP contribution in [0.25, 0.3) is 0 Å². The van der Waals surface area contributed by atoms with Gasteiger partial charge >= 0.3 is 0 Å². The Bertz CT molecular complexity index is 662. The van der Waals surface area contributed by atoms with Gasteiger partial charge < -0.3 is 19.5 Å². The smallest absolute Gasteiger partial charge is 0.203 e. The molecule has 0 heterocycles. The molecule has 0 aliphatic carbocycles. The molecule has 22 heavy (non-hydrogen) atoms. The van der Waals surface area contributed by atoms with Crippen LogP contribution in [-0.2, 0) is 6.54 Å². The zero-order chi connectivity index (χ0) is 16.1. The van der Waals surface area contributed by atoms with Gasteiger partial charge in [-0.3, -0.25) is 0 Å². The van der Waals surface area contributed by atoms with Crippen molar-refractivity contribution in [2.24, 2.45) is 0 Å². The zero-order valence-electron chi connectivity index (χ0n) is 12.6. The molecule has 2 aromatic rings. The minimum absolute atomic E-state index is 0.506. The van der Waals surface area contributed by atoms with E-state index >= 15 is 0 Å². The van der Waals surface area contributed by atoms with Crippen LogP contribution in [0.15, 0.2) is 30.3 Å². The Morgan fingerprint density at radius 2 is 1.59 bits per heavy atom. The van der Waals surface area contributed by atoms with Gasteiger partial charge in [0.15, 0.2) is 11.5 Å². The molecule has 0 spiro atoms. The second-order valence-corrected chi connectivity index (χ2v) is 5.29. The van der Waals surface area contributed by atoms with E-state index in [9.17, 15) is 0 Å². The van der Waals surface area contributed by atoms with Gasteiger partial charge in [-0.2, -0.15) is 0 Å². The van der Waals surface area contributed by atoms with Gasteiger partial charge in [0, 0.05) is 17.8 Å². The maximum Gasteiger partial charge on any atom is 0.203 e. The highest BCUT2D eigenvalue weighted by molar-refractivity contribution is 6.42. The summed E-state index contributed by atoms with van der Waals surface area (Å²) < 4.78 is 16.1. The van der Waals surface area contributed by atoms with Crippen LogP contribution in [0, 0.1) is 0 Å². The molecule has 0 fully saturated rings. The molecule has 4 nitrogen and oxygen atoms in total. The molecule has 2 rings (SSSR count). The summed E-state index contributed by atoms with van der Waals surface area (Å²) in [5.41, 5.74) is 1.80. The molecule has 0 atom stereocenters. The summed E-state index contributed by atoms with van der Waals surface area (Å²) in [6.07, 6.45) is 0. The zero-order valence-corrected chi connectivity index (χ0v) is 14.1. The van der Waals surface area contributed by atoms with E-state index in [1.165, 1.54) is 0 Å². The van der Waals surface area contributed by atoms with Crippen molar-refractivity contribution in [2.45, 2.75) is 6.54 Å². The SMILES string of the molecule is COc1ccc(CNc2ccc(Cl)c(Cl)c2)c(OC)c1OC. The molecule has 118 valence electrons. The number of rotatable bonds is 6. The summed E-state index contributed by atoms with van der Waals surface area (Å²) in [5, 5.41) is 4.30. The van der Waals surface area contributed by atoms with Gasteiger partial charge in [0.1, 0.15) is 0 Å². The predicted molar refractivity (Wildman–Crippen MR) is 89.9 cm³/mol. The Morgan fingerprint density at radius 3 is 2.18 bits per heavy atom. The van der Waals surface area contributed by atoms with Gasteiger partial charge in [-0.05, 0) is 30.3 Å². The Labute approximate surface area is 139 Å². The summed E-state index contributed by atoms with van der Waals surface area (Å²) in [7, 11) is 4.77. The lowest BCUT2D eigenvalue weighted by Gasteiger charge is -2.16. The van der Waals surface area contributed by atoms with E-state index in [1.807, 2.05) is 18.2 Å². The largest absolute Gasteiger partial charge is 0.493 e. The molecule has 0 amide bonds. The Kier molecular flexibility index (Phi) is 5.63. The van der Waals surface area contributed by atoms with Gasteiger partial charge in [0.25, 0.3) is 0 Å². The number of benzene rings is 2. The first-order valence-corrected chi connectivity index (χ1v) is 7.33. The predicted octanol–water partition coefficient (Wildman–Crippen LogP) is 4.63. The molecule has 0 saturated carbocycles. The highest BCUT2D eigenvalue weighted by atomic mass is 35.5. The summed E-state index contributed by atoms with van der Waals surface area (Å²) in [6.45, 7) is 0.543. The van der Waals surface area contributed by atoms with Crippen molar-refractivity contribution in [3.05, 3.63) is 45.9 Å². The van der Waals surface area contributed by atoms with E-state index in [2.05, 4.69) is 5.32 Å². The highest BCUT2D eigenvalue weighted by Crippen LogP contribution is 2.40. The molecule has 0 saturated heterocycles. The van der Waals surface area contributed by atoms with Crippen LogP contribution in [0.3, 0.4) is 0 Å². The Balaban J connectivity index is 2.23. The van der Waals surface area contributed by atoms with Crippen LogP contribution in [0.4, 0.5) is 5.69 Å². The Morgan fingerprint density at radius 1 is 0.864 bits per heavy atom. The molecule has 0 unspecified atom stereocenters. The fourth-order valence-electron chi connectivity index (χ4n) is 2.11. The summed E-state index contributed by atoms with van der Waals surface area (Å²) in [4.78, 5) is 0. The van der Waals surface area contributed by atoms with E-state index < -0.39 is 0 Å².